The molecule has 0 aromatic carbocycles. The first-order valence-corrected chi connectivity index (χ1v) is 6.22. The van der Waals surface area contributed by atoms with E-state index in [0.717, 1.165) is 35.2 Å². The summed E-state index contributed by atoms with van der Waals surface area (Å²) < 4.78 is 2.20. The lowest BCUT2D eigenvalue weighted by Gasteiger charge is -2.13. The molecule has 0 unspecified atom stereocenters. The van der Waals surface area contributed by atoms with Crippen molar-refractivity contribution in [3.8, 4) is 10.7 Å². The van der Waals surface area contributed by atoms with Crippen LogP contribution in [0.2, 0.25) is 0 Å². The Hall–Kier alpha value is -1.43. The molecule has 0 bridgehead atoms. The third kappa shape index (κ3) is 1.41. The third-order valence-electron chi connectivity index (χ3n) is 2.88. The molecule has 0 spiro atoms. The van der Waals surface area contributed by atoms with E-state index in [1.54, 1.807) is 0 Å². The quantitative estimate of drug-likeness (QED) is 0.815. The van der Waals surface area contributed by atoms with Crippen LogP contribution in [0.1, 0.15) is 24.4 Å². The van der Waals surface area contributed by atoms with Crippen molar-refractivity contribution in [1.29, 1.82) is 0 Å². The Morgan fingerprint density at radius 3 is 2.94 bits per heavy atom. The van der Waals surface area contributed by atoms with Crippen LogP contribution in [-0.4, -0.2) is 19.7 Å². The second-order valence-corrected chi connectivity index (χ2v) is 5.05. The van der Waals surface area contributed by atoms with Gasteiger partial charge < -0.3 is 10.3 Å². The molecule has 2 aromatic rings. The number of anilines is 1. The van der Waals surface area contributed by atoms with E-state index in [-0.39, 0.29) is 0 Å². The average Bonchev–Trinajstić information content (AvgIpc) is 2.81. The lowest BCUT2D eigenvalue weighted by Crippen LogP contribution is -2.11. The van der Waals surface area contributed by atoms with Crippen molar-refractivity contribution in [2.75, 3.05) is 5.73 Å². The minimum absolute atomic E-state index is 0.598. The van der Waals surface area contributed by atoms with Crippen molar-refractivity contribution in [3.05, 3.63) is 11.5 Å². The smallest absolute Gasteiger partial charge is 0.180 e. The highest BCUT2D eigenvalue weighted by Crippen LogP contribution is 2.31. The molecule has 0 fully saturated rings. The number of rotatable bonds is 1. The molecule has 0 saturated heterocycles. The lowest BCUT2D eigenvalue weighted by atomic mass is 10.1. The predicted molar refractivity (Wildman–Crippen MR) is 63.2 cm³/mol. The summed E-state index contributed by atoms with van der Waals surface area (Å²) in [6.07, 6.45) is 3.44. The normalized spacial score (nSPS) is 15.1. The molecule has 1 aliphatic rings. The van der Waals surface area contributed by atoms with Crippen LogP contribution in [0, 0.1) is 6.92 Å². The van der Waals surface area contributed by atoms with Gasteiger partial charge in [0.1, 0.15) is 5.82 Å². The summed E-state index contributed by atoms with van der Waals surface area (Å²) in [6, 6.07) is 0. The van der Waals surface area contributed by atoms with E-state index in [0.29, 0.717) is 5.13 Å². The van der Waals surface area contributed by atoms with E-state index >= 15 is 0 Å². The molecule has 0 saturated carbocycles. The van der Waals surface area contributed by atoms with Crippen molar-refractivity contribution >= 4 is 16.5 Å². The maximum atomic E-state index is 5.71. The van der Waals surface area contributed by atoms with E-state index in [1.165, 1.54) is 24.2 Å². The molecule has 3 heterocycles. The highest BCUT2D eigenvalue weighted by atomic mass is 32.1. The van der Waals surface area contributed by atoms with Gasteiger partial charge in [0, 0.05) is 13.0 Å². The molecular weight excluding hydrogens is 222 g/mol. The van der Waals surface area contributed by atoms with Crippen LogP contribution in [-0.2, 0) is 13.0 Å². The van der Waals surface area contributed by atoms with Crippen LogP contribution in [0.3, 0.4) is 0 Å². The van der Waals surface area contributed by atoms with E-state index < -0.39 is 0 Å². The number of nitrogens with zero attached hydrogens (tertiary/aromatic N) is 4. The van der Waals surface area contributed by atoms with Crippen LogP contribution in [0.4, 0.5) is 5.13 Å². The Bertz CT molecular complexity index is 527. The number of aromatic nitrogens is 4. The zero-order chi connectivity index (χ0) is 11.1. The Balaban J connectivity index is 2.13. The topological polar surface area (TPSA) is 69.6 Å². The summed E-state index contributed by atoms with van der Waals surface area (Å²) in [5.41, 5.74) is 6.66. The van der Waals surface area contributed by atoms with Crippen LogP contribution >= 0.6 is 11.3 Å². The summed E-state index contributed by atoms with van der Waals surface area (Å²) in [6.45, 7) is 2.97. The van der Waals surface area contributed by atoms with Crippen molar-refractivity contribution in [2.24, 2.45) is 0 Å². The van der Waals surface area contributed by atoms with Crippen molar-refractivity contribution in [2.45, 2.75) is 32.7 Å². The second kappa shape index (κ2) is 3.55. The van der Waals surface area contributed by atoms with E-state index in [2.05, 4.69) is 19.7 Å². The molecule has 2 aromatic heterocycles. The standard InChI is InChI=1S/C10H13N5S/c1-6-8(16-10(11)12-6)9-14-13-7-4-2-3-5-15(7)9/h2-5H2,1H3,(H2,11,12). The maximum absolute atomic E-state index is 5.71. The zero-order valence-corrected chi connectivity index (χ0v) is 9.92. The van der Waals surface area contributed by atoms with Gasteiger partial charge in [0.25, 0.3) is 0 Å². The molecule has 6 heteroatoms. The molecule has 2 N–H and O–H groups in total. The SMILES string of the molecule is Cc1nc(N)sc1-c1nnc2n1CCCC2. The Morgan fingerprint density at radius 2 is 2.19 bits per heavy atom. The summed E-state index contributed by atoms with van der Waals surface area (Å²) in [5.74, 6) is 2.02. The predicted octanol–water partition coefficient (Wildman–Crippen LogP) is 1.63. The number of nitrogen functional groups attached to an aromatic ring is 1. The Kier molecular flexibility index (Phi) is 2.17. The number of thiazole rings is 1. The van der Waals surface area contributed by atoms with E-state index in [9.17, 15) is 0 Å². The van der Waals surface area contributed by atoms with Crippen LogP contribution in [0.15, 0.2) is 0 Å². The van der Waals surface area contributed by atoms with Gasteiger partial charge in [0.2, 0.25) is 0 Å². The van der Waals surface area contributed by atoms with Gasteiger partial charge in [-0.25, -0.2) is 4.98 Å². The van der Waals surface area contributed by atoms with Gasteiger partial charge in [0.05, 0.1) is 10.6 Å². The average molecular weight is 235 g/mol. The largest absolute Gasteiger partial charge is 0.375 e. The number of aryl methyl sites for hydroxylation is 2. The molecule has 0 aliphatic carbocycles. The van der Waals surface area contributed by atoms with Crippen molar-refractivity contribution < 1.29 is 0 Å². The minimum Gasteiger partial charge on any atom is -0.375 e. The van der Waals surface area contributed by atoms with Gasteiger partial charge in [-0.15, -0.1) is 10.2 Å². The van der Waals surface area contributed by atoms with Crippen LogP contribution < -0.4 is 5.73 Å². The first-order chi connectivity index (χ1) is 7.75. The van der Waals surface area contributed by atoms with E-state index in [4.69, 9.17) is 5.73 Å². The van der Waals surface area contributed by atoms with Crippen molar-refractivity contribution in [1.82, 2.24) is 19.7 Å². The fourth-order valence-corrected chi connectivity index (χ4v) is 2.93. The molecular formula is C10H13N5S. The summed E-state index contributed by atoms with van der Waals surface area (Å²) in [7, 11) is 0. The fourth-order valence-electron chi connectivity index (χ4n) is 2.10. The monoisotopic (exact) mass is 235 g/mol. The number of hydrogen-bond donors (Lipinski definition) is 1. The molecule has 84 valence electrons. The maximum Gasteiger partial charge on any atom is 0.180 e. The molecule has 0 atom stereocenters. The molecule has 0 radical (unpaired) electrons. The van der Waals surface area contributed by atoms with Gasteiger partial charge in [-0.05, 0) is 19.8 Å². The molecule has 1 aliphatic heterocycles. The first-order valence-electron chi connectivity index (χ1n) is 5.41. The van der Waals surface area contributed by atoms with Gasteiger partial charge in [-0.1, -0.05) is 11.3 Å². The number of fused-ring (bicyclic) bond motifs is 1. The molecule has 5 nitrogen and oxygen atoms in total. The minimum atomic E-state index is 0.598. The molecule has 3 rings (SSSR count). The highest BCUT2D eigenvalue weighted by Gasteiger charge is 2.20. The lowest BCUT2D eigenvalue weighted by molar-refractivity contribution is 0.526. The highest BCUT2D eigenvalue weighted by molar-refractivity contribution is 7.18. The van der Waals surface area contributed by atoms with Gasteiger partial charge in [-0.3, -0.25) is 0 Å². The van der Waals surface area contributed by atoms with Crippen LogP contribution in [0.25, 0.3) is 10.7 Å². The van der Waals surface area contributed by atoms with E-state index in [1.807, 2.05) is 6.92 Å². The first kappa shape index (κ1) is 9.77. The van der Waals surface area contributed by atoms with Crippen LogP contribution in [0.5, 0.6) is 0 Å². The van der Waals surface area contributed by atoms with Gasteiger partial charge in [-0.2, -0.15) is 0 Å². The Labute approximate surface area is 97.3 Å². The summed E-state index contributed by atoms with van der Waals surface area (Å²) >= 11 is 1.49. The van der Waals surface area contributed by atoms with Gasteiger partial charge >= 0.3 is 0 Å². The zero-order valence-electron chi connectivity index (χ0n) is 9.10. The van der Waals surface area contributed by atoms with Gasteiger partial charge in [0.15, 0.2) is 11.0 Å². The number of hydrogen-bond acceptors (Lipinski definition) is 5. The van der Waals surface area contributed by atoms with Crippen molar-refractivity contribution in [3.63, 3.8) is 0 Å². The summed E-state index contributed by atoms with van der Waals surface area (Å²) in [5, 5.41) is 9.10. The number of nitrogens with two attached hydrogens (primary N) is 1. The molecule has 0 amide bonds. The molecule has 16 heavy (non-hydrogen) atoms. The summed E-state index contributed by atoms with van der Waals surface area (Å²) in [4.78, 5) is 5.28. The second-order valence-electron chi connectivity index (χ2n) is 4.02. The fraction of sp³-hybridized carbons (Fsp3) is 0.500. The third-order valence-corrected chi connectivity index (χ3v) is 3.86. The Morgan fingerprint density at radius 1 is 1.31 bits per heavy atom.